The Kier molecular flexibility index (Phi) is 6.63. The minimum absolute atomic E-state index is 0.0188. The number of rotatable bonds is 7. The Morgan fingerprint density at radius 2 is 1.83 bits per heavy atom. The van der Waals surface area contributed by atoms with E-state index in [9.17, 15) is 18.0 Å². The molecule has 2 amide bonds. The Morgan fingerprint density at radius 3 is 2.53 bits per heavy atom. The number of anilines is 1. The summed E-state index contributed by atoms with van der Waals surface area (Å²) in [6, 6.07) is 14.3. The van der Waals surface area contributed by atoms with Crippen LogP contribution in [0.15, 0.2) is 58.5 Å². The van der Waals surface area contributed by atoms with Crippen LogP contribution < -0.4 is 10.0 Å². The normalized spacial score (nSPS) is 13.8. The Balaban J connectivity index is 1.57. The molecule has 0 aromatic heterocycles. The van der Waals surface area contributed by atoms with Crippen molar-refractivity contribution in [3.05, 3.63) is 59.7 Å². The van der Waals surface area contributed by atoms with Crippen molar-refractivity contribution in [1.29, 1.82) is 0 Å². The van der Waals surface area contributed by atoms with Gasteiger partial charge in [0.1, 0.15) is 0 Å². The highest BCUT2D eigenvalue weighted by Crippen LogP contribution is 2.20. The molecule has 0 saturated carbocycles. The molecular formula is C21H24N4O4S. The topological polar surface area (TPSA) is 108 Å². The third-order valence-electron chi connectivity index (χ3n) is 4.79. The van der Waals surface area contributed by atoms with E-state index in [0.717, 1.165) is 11.3 Å². The van der Waals surface area contributed by atoms with Crippen molar-refractivity contribution in [3.8, 4) is 0 Å². The van der Waals surface area contributed by atoms with E-state index in [1.54, 1.807) is 19.1 Å². The van der Waals surface area contributed by atoms with Crippen LogP contribution in [0.3, 0.4) is 0 Å². The third-order valence-corrected chi connectivity index (χ3v) is 6.35. The van der Waals surface area contributed by atoms with Gasteiger partial charge in [0.25, 0.3) is 0 Å². The first kappa shape index (κ1) is 21.7. The molecule has 8 nitrogen and oxygen atoms in total. The van der Waals surface area contributed by atoms with E-state index in [1.165, 1.54) is 18.1 Å². The first-order chi connectivity index (χ1) is 14.3. The summed E-state index contributed by atoms with van der Waals surface area (Å²) in [5, 5.41) is 8.42. The summed E-state index contributed by atoms with van der Waals surface area (Å²) >= 11 is 0. The first-order valence-electron chi connectivity index (χ1n) is 9.57. The quantitative estimate of drug-likeness (QED) is 0.705. The van der Waals surface area contributed by atoms with Crippen LogP contribution >= 0.6 is 0 Å². The maximum atomic E-state index is 12.4. The zero-order chi connectivity index (χ0) is 21.7. The smallest absolute Gasteiger partial charge is 0.243 e. The predicted octanol–water partition coefficient (Wildman–Crippen LogP) is 2.26. The SMILES string of the molecule is CNS(=O)(=O)c1cc(NC(=O)CCC(=O)N2CCC(c3ccccc3)=N2)ccc1C. The van der Waals surface area contributed by atoms with Gasteiger partial charge in [0, 0.05) is 24.9 Å². The van der Waals surface area contributed by atoms with Gasteiger partial charge in [-0.05, 0) is 37.2 Å². The van der Waals surface area contributed by atoms with Gasteiger partial charge in [0.05, 0.1) is 17.2 Å². The summed E-state index contributed by atoms with van der Waals surface area (Å²) in [6.07, 6.45) is 0.673. The van der Waals surface area contributed by atoms with Gasteiger partial charge < -0.3 is 5.32 Å². The molecule has 0 radical (unpaired) electrons. The lowest BCUT2D eigenvalue weighted by molar-refractivity contribution is -0.132. The predicted molar refractivity (Wildman–Crippen MR) is 115 cm³/mol. The number of hydrogen-bond acceptors (Lipinski definition) is 5. The standard InChI is InChI=1S/C21H24N4O4S/c1-15-8-9-17(14-19(15)30(28,29)22-2)23-20(26)10-11-21(27)25-13-12-18(24-25)16-6-4-3-5-7-16/h3-9,14,22H,10-13H2,1-2H3,(H,23,26). The van der Waals surface area contributed by atoms with Crippen LogP contribution in [0.4, 0.5) is 5.69 Å². The highest BCUT2D eigenvalue weighted by atomic mass is 32.2. The number of nitrogens with zero attached hydrogens (tertiary/aromatic N) is 2. The summed E-state index contributed by atoms with van der Waals surface area (Å²) in [4.78, 5) is 24.7. The fraction of sp³-hybridized carbons (Fsp3) is 0.286. The van der Waals surface area contributed by atoms with Crippen molar-refractivity contribution < 1.29 is 18.0 Å². The maximum Gasteiger partial charge on any atom is 0.243 e. The average molecular weight is 429 g/mol. The molecule has 2 aromatic rings. The Bertz CT molecular complexity index is 1080. The molecule has 0 bridgehead atoms. The Labute approximate surface area is 176 Å². The highest BCUT2D eigenvalue weighted by Gasteiger charge is 2.22. The molecule has 3 rings (SSSR count). The molecule has 2 N–H and O–H groups in total. The second-order valence-electron chi connectivity index (χ2n) is 6.92. The number of nitrogens with one attached hydrogen (secondary N) is 2. The molecule has 0 aliphatic carbocycles. The first-order valence-corrected chi connectivity index (χ1v) is 11.1. The summed E-state index contributed by atoms with van der Waals surface area (Å²) < 4.78 is 26.4. The molecule has 0 atom stereocenters. The molecule has 158 valence electrons. The number of carbonyl (C=O) groups is 2. The van der Waals surface area contributed by atoms with E-state index in [1.807, 2.05) is 30.3 Å². The van der Waals surface area contributed by atoms with Crippen molar-refractivity contribution in [3.63, 3.8) is 0 Å². The van der Waals surface area contributed by atoms with E-state index in [4.69, 9.17) is 0 Å². The van der Waals surface area contributed by atoms with Crippen LogP contribution in [-0.2, 0) is 19.6 Å². The number of aryl methyl sites for hydroxylation is 1. The second-order valence-corrected chi connectivity index (χ2v) is 8.77. The van der Waals surface area contributed by atoms with Crippen molar-refractivity contribution in [2.75, 3.05) is 18.9 Å². The highest BCUT2D eigenvalue weighted by molar-refractivity contribution is 7.89. The number of carbonyl (C=O) groups excluding carboxylic acids is 2. The summed E-state index contributed by atoms with van der Waals surface area (Å²) in [6.45, 7) is 2.17. The molecule has 30 heavy (non-hydrogen) atoms. The number of benzene rings is 2. The Morgan fingerprint density at radius 1 is 1.10 bits per heavy atom. The third kappa shape index (κ3) is 5.11. The largest absolute Gasteiger partial charge is 0.326 e. The van der Waals surface area contributed by atoms with E-state index in [0.29, 0.717) is 24.2 Å². The van der Waals surface area contributed by atoms with Gasteiger partial charge in [-0.3, -0.25) is 9.59 Å². The Hall–Kier alpha value is -3.04. The van der Waals surface area contributed by atoms with Gasteiger partial charge >= 0.3 is 0 Å². The summed E-state index contributed by atoms with van der Waals surface area (Å²) in [5.41, 5.74) is 2.76. The lowest BCUT2D eigenvalue weighted by atomic mass is 10.1. The second kappa shape index (κ2) is 9.19. The van der Waals surface area contributed by atoms with Crippen LogP contribution in [0.1, 0.15) is 30.4 Å². The minimum atomic E-state index is -3.63. The fourth-order valence-corrected chi connectivity index (χ4v) is 4.11. The number of hydrazone groups is 1. The van der Waals surface area contributed by atoms with Crippen molar-refractivity contribution in [2.24, 2.45) is 5.10 Å². The minimum Gasteiger partial charge on any atom is -0.326 e. The monoisotopic (exact) mass is 428 g/mol. The van der Waals surface area contributed by atoms with Gasteiger partial charge in [0.2, 0.25) is 21.8 Å². The van der Waals surface area contributed by atoms with Crippen LogP contribution in [0.5, 0.6) is 0 Å². The van der Waals surface area contributed by atoms with Crippen LogP contribution in [0.25, 0.3) is 0 Å². The summed E-state index contributed by atoms with van der Waals surface area (Å²) in [5.74, 6) is -0.593. The number of sulfonamides is 1. The molecule has 1 heterocycles. The van der Waals surface area contributed by atoms with Crippen LogP contribution in [0, 0.1) is 6.92 Å². The molecule has 1 aliphatic rings. The molecule has 0 unspecified atom stereocenters. The van der Waals surface area contributed by atoms with E-state index in [-0.39, 0.29) is 29.6 Å². The van der Waals surface area contributed by atoms with E-state index in [2.05, 4.69) is 15.1 Å². The number of amides is 2. The maximum absolute atomic E-state index is 12.4. The molecule has 9 heteroatoms. The molecule has 1 aliphatic heterocycles. The van der Waals surface area contributed by atoms with Gasteiger partial charge in [-0.25, -0.2) is 18.1 Å². The lowest BCUT2D eigenvalue weighted by Gasteiger charge is -2.12. The van der Waals surface area contributed by atoms with Gasteiger partial charge in [-0.2, -0.15) is 5.10 Å². The summed E-state index contributed by atoms with van der Waals surface area (Å²) in [7, 11) is -2.30. The molecule has 0 saturated heterocycles. The molecule has 2 aromatic carbocycles. The molecule has 0 spiro atoms. The lowest BCUT2D eigenvalue weighted by Crippen LogP contribution is -2.25. The van der Waals surface area contributed by atoms with Crippen molar-refractivity contribution in [2.45, 2.75) is 31.1 Å². The average Bonchev–Trinajstić information content (AvgIpc) is 3.24. The van der Waals surface area contributed by atoms with Crippen LogP contribution in [-0.4, -0.2) is 44.5 Å². The van der Waals surface area contributed by atoms with Crippen LogP contribution in [0.2, 0.25) is 0 Å². The van der Waals surface area contributed by atoms with E-state index >= 15 is 0 Å². The zero-order valence-corrected chi connectivity index (χ0v) is 17.7. The number of hydrogen-bond donors (Lipinski definition) is 2. The van der Waals surface area contributed by atoms with Gasteiger partial charge in [0.15, 0.2) is 0 Å². The molecule has 0 fully saturated rings. The van der Waals surface area contributed by atoms with Crippen molar-refractivity contribution in [1.82, 2.24) is 9.73 Å². The zero-order valence-electron chi connectivity index (χ0n) is 16.9. The van der Waals surface area contributed by atoms with Crippen molar-refractivity contribution >= 4 is 33.2 Å². The van der Waals surface area contributed by atoms with E-state index < -0.39 is 10.0 Å². The van der Waals surface area contributed by atoms with Gasteiger partial charge in [-0.15, -0.1) is 0 Å². The fourth-order valence-electron chi connectivity index (χ4n) is 3.12. The van der Waals surface area contributed by atoms with Gasteiger partial charge in [-0.1, -0.05) is 36.4 Å². The molecular weight excluding hydrogens is 404 g/mol.